The average Bonchev–Trinajstić information content (AvgIpc) is 3.15. The number of ether oxygens (including phenoxy) is 2. The van der Waals surface area contributed by atoms with Crippen LogP contribution in [0.4, 0.5) is 5.69 Å². The van der Waals surface area contributed by atoms with Crippen molar-refractivity contribution in [3.05, 3.63) is 66.2 Å². The average molecular weight is 379 g/mol. The van der Waals surface area contributed by atoms with E-state index in [2.05, 4.69) is 21.8 Å². The summed E-state index contributed by atoms with van der Waals surface area (Å²) in [7, 11) is 2.91. The molecule has 1 aromatic heterocycles. The summed E-state index contributed by atoms with van der Waals surface area (Å²) in [6.45, 7) is 3.79. The van der Waals surface area contributed by atoms with Gasteiger partial charge in [0.05, 0.1) is 20.5 Å². The number of esters is 1. The third kappa shape index (κ3) is 4.34. The fourth-order valence-electron chi connectivity index (χ4n) is 3.13. The summed E-state index contributed by atoms with van der Waals surface area (Å²) in [5, 5.41) is 3.50. The molecule has 0 atom stereocenters. The second kappa shape index (κ2) is 9.08. The summed E-state index contributed by atoms with van der Waals surface area (Å²) in [4.78, 5) is 16.2. The van der Waals surface area contributed by atoms with E-state index in [1.807, 2.05) is 42.9 Å². The maximum Gasteiger partial charge on any atom is 0.341 e. The molecule has 1 N–H and O–H groups in total. The Bertz CT molecular complexity index is 950. The fraction of sp³-hybridized carbons (Fsp3) is 0.273. The second-order valence-corrected chi connectivity index (χ2v) is 6.46. The highest BCUT2D eigenvalue weighted by molar-refractivity contribution is 5.95. The maximum absolute atomic E-state index is 12.1. The molecule has 0 bridgehead atoms. The van der Waals surface area contributed by atoms with Gasteiger partial charge in [0.15, 0.2) is 0 Å². The smallest absolute Gasteiger partial charge is 0.341 e. The molecule has 0 saturated heterocycles. The zero-order valence-electron chi connectivity index (χ0n) is 16.4. The Kier molecular flexibility index (Phi) is 6.32. The molecule has 0 aliphatic heterocycles. The van der Waals surface area contributed by atoms with Crippen molar-refractivity contribution >= 4 is 11.7 Å². The molecule has 3 rings (SSSR count). The zero-order valence-corrected chi connectivity index (χ0v) is 16.4. The molecular formula is C22H25N3O3. The van der Waals surface area contributed by atoms with Crippen LogP contribution in [0.15, 0.2) is 55.0 Å². The molecule has 28 heavy (non-hydrogen) atoms. The van der Waals surface area contributed by atoms with Crippen molar-refractivity contribution in [1.29, 1.82) is 0 Å². The van der Waals surface area contributed by atoms with Gasteiger partial charge in [0.25, 0.3) is 0 Å². The van der Waals surface area contributed by atoms with Gasteiger partial charge in [-0.3, -0.25) is 0 Å². The molecule has 146 valence electrons. The normalized spacial score (nSPS) is 10.5. The summed E-state index contributed by atoms with van der Waals surface area (Å²) in [6.07, 6.45) is 4.70. The van der Waals surface area contributed by atoms with Gasteiger partial charge in [-0.05, 0) is 37.1 Å². The Morgan fingerprint density at radius 2 is 2.00 bits per heavy atom. The fourth-order valence-corrected chi connectivity index (χ4v) is 3.13. The number of carbonyl (C=O) groups excluding carboxylic acids is 1. The molecule has 3 aromatic rings. The lowest BCUT2D eigenvalue weighted by Gasteiger charge is -2.14. The van der Waals surface area contributed by atoms with Crippen LogP contribution in [0.5, 0.6) is 5.75 Å². The number of aromatic nitrogens is 2. The van der Waals surface area contributed by atoms with Crippen LogP contribution in [-0.2, 0) is 11.3 Å². The SMILES string of the molecule is COC(=O)c1cc(-c2ccccc2NCCCn2cncc2C)ccc1OC. The highest BCUT2D eigenvalue weighted by Crippen LogP contribution is 2.32. The van der Waals surface area contributed by atoms with E-state index in [9.17, 15) is 4.79 Å². The van der Waals surface area contributed by atoms with Crippen LogP contribution >= 0.6 is 0 Å². The van der Waals surface area contributed by atoms with Crippen molar-refractivity contribution in [3.8, 4) is 16.9 Å². The van der Waals surface area contributed by atoms with E-state index in [-0.39, 0.29) is 0 Å². The lowest BCUT2D eigenvalue weighted by atomic mass is 10.0. The number of rotatable bonds is 8. The zero-order chi connectivity index (χ0) is 19.9. The van der Waals surface area contributed by atoms with Crippen molar-refractivity contribution in [2.75, 3.05) is 26.1 Å². The standard InChI is InChI=1S/C22H25N3O3/c1-16-14-23-15-25(16)12-6-11-24-20-8-5-4-7-18(20)17-9-10-21(27-2)19(13-17)22(26)28-3/h4-5,7-10,13-15,24H,6,11-12H2,1-3H3. The van der Waals surface area contributed by atoms with Gasteiger partial charge in [-0.25, -0.2) is 9.78 Å². The van der Waals surface area contributed by atoms with Crippen molar-refractivity contribution in [2.45, 2.75) is 19.9 Å². The molecule has 0 amide bonds. The van der Waals surface area contributed by atoms with E-state index in [1.54, 1.807) is 19.2 Å². The molecule has 0 saturated carbocycles. The van der Waals surface area contributed by atoms with Crippen LogP contribution in [0.3, 0.4) is 0 Å². The molecule has 2 aromatic carbocycles. The Hall–Kier alpha value is -3.28. The summed E-state index contributed by atoms with van der Waals surface area (Å²) >= 11 is 0. The molecule has 0 unspecified atom stereocenters. The summed E-state index contributed by atoms with van der Waals surface area (Å²) in [5.41, 5.74) is 4.54. The molecule has 6 nitrogen and oxygen atoms in total. The highest BCUT2D eigenvalue weighted by atomic mass is 16.5. The number of para-hydroxylation sites is 1. The van der Waals surface area contributed by atoms with Crippen LogP contribution < -0.4 is 10.1 Å². The molecule has 6 heteroatoms. The minimum absolute atomic E-state index is 0.410. The molecule has 0 fully saturated rings. The van der Waals surface area contributed by atoms with Gasteiger partial charge in [0.2, 0.25) is 0 Å². The quantitative estimate of drug-likeness (QED) is 0.470. The van der Waals surface area contributed by atoms with E-state index >= 15 is 0 Å². The minimum Gasteiger partial charge on any atom is -0.496 e. The Balaban J connectivity index is 1.76. The topological polar surface area (TPSA) is 65.4 Å². The number of aryl methyl sites for hydroxylation is 2. The number of methoxy groups -OCH3 is 2. The van der Waals surface area contributed by atoms with Crippen LogP contribution in [-0.4, -0.2) is 36.3 Å². The van der Waals surface area contributed by atoms with Crippen LogP contribution in [0.1, 0.15) is 22.5 Å². The van der Waals surface area contributed by atoms with Gasteiger partial charge in [0, 0.05) is 36.2 Å². The van der Waals surface area contributed by atoms with Gasteiger partial charge in [-0.1, -0.05) is 24.3 Å². The molecule has 0 aliphatic carbocycles. The largest absolute Gasteiger partial charge is 0.496 e. The number of anilines is 1. The van der Waals surface area contributed by atoms with E-state index in [1.165, 1.54) is 7.11 Å². The van der Waals surface area contributed by atoms with Crippen LogP contribution in [0.2, 0.25) is 0 Å². The maximum atomic E-state index is 12.1. The predicted molar refractivity (Wildman–Crippen MR) is 110 cm³/mol. The lowest BCUT2D eigenvalue weighted by Crippen LogP contribution is -2.08. The number of imidazole rings is 1. The number of carbonyl (C=O) groups is 1. The molecule has 0 aliphatic rings. The third-order valence-corrected chi connectivity index (χ3v) is 4.65. The van der Waals surface area contributed by atoms with Crippen LogP contribution in [0, 0.1) is 6.92 Å². The summed E-state index contributed by atoms with van der Waals surface area (Å²) < 4.78 is 12.3. The number of nitrogens with one attached hydrogen (secondary N) is 1. The van der Waals surface area contributed by atoms with E-state index in [4.69, 9.17) is 9.47 Å². The Morgan fingerprint density at radius 1 is 1.18 bits per heavy atom. The van der Waals surface area contributed by atoms with Crippen molar-refractivity contribution < 1.29 is 14.3 Å². The van der Waals surface area contributed by atoms with E-state index in [0.717, 1.165) is 42.0 Å². The van der Waals surface area contributed by atoms with E-state index < -0.39 is 5.97 Å². The second-order valence-electron chi connectivity index (χ2n) is 6.46. The summed E-state index contributed by atoms with van der Waals surface area (Å²) in [6, 6.07) is 13.6. The minimum atomic E-state index is -0.417. The van der Waals surface area contributed by atoms with Gasteiger partial charge >= 0.3 is 5.97 Å². The number of benzene rings is 2. The predicted octanol–water partition coefficient (Wildman–Crippen LogP) is 4.16. The number of hydrogen-bond acceptors (Lipinski definition) is 5. The monoisotopic (exact) mass is 379 g/mol. The van der Waals surface area contributed by atoms with Gasteiger partial charge in [-0.15, -0.1) is 0 Å². The van der Waals surface area contributed by atoms with Gasteiger partial charge in [0.1, 0.15) is 11.3 Å². The van der Waals surface area contributed by atoms with E-state index in [0.29, 0.717) is 11.3 Å². The first-order valence-electron chi connectivity index (χ1n) is 9.20. The van der Waals surface area contributed by atoms with Crippen LogP contribution in [0.25, 0.3) is 11.1 Å². The van der Waals surface area contributed by atoms with Gasteiger partial charge < -0.3 is 19.4 Å². The first kappa shape index (κ1) is 19.5. The Morgan fingerprint density at radius 3 is 2.71 bits per heavy atom. The van der Waals surface area contributed by atoms with Crippen molar-refractivity contribution in [2.24, 2.45) is 0 Å². The number of hydrogen-bond donors (Lipinski definition) is 1. The van der Waals surface area contributed by atoms with Crippen molar-refractivity contribution in [1.82, 2.24) is 9.55 Å². The molecule has 0 radical (unpaired) electrons. The molecule has 0 spiro atoms. The Labute approximate surface area is 165 Å². The van der Waals surface area contributed by atoms with Gasteiger partial charge in [-0.2, -0.15) is 0 Å². The molecule has 1 heterocycles. The highest BCUT2D eigenvalue weighted by Gasteiger charge is 2.15. The van der Waals surface area contributed by atoms with Crippen molar-refractivity contribution in [3.63, 3.8) is 0 Å². The first-order chi connectivity index (χ1) is 13.6. The number of nitrogens with zero attached hydrogens (tertiary/aromatic N) is 2. The first-order valence-corrected chi connectivity index (χ1v) is 9.20. The molecular weight excluding hydrogens is 354 g/mol. The summed E-state index contributed by atoms with van der Waals surface area (Å²) in [5.74, 6) is 0.0802. The third-order valence-electron chi connectivity index (χ3n) is 4.65. The lowest BCUT2D eigenvalue weighted by molar-refractivity contribution is 0.0597.